The molecule has 3 heterocycles. The van der Waals surface area contributed by atoms with E-state index in [2.05, 4.69) is 20.5 Å². The molecule has 3 aromatic rings. The highest BCUT2D eigenvalue weighted by molar-refractivity contribution is 5.97. The third kappa shape index (κ3) is 3.77. The zero-order valence-corrected chi connectivity index (χ0v) is 17.9. The number of H-pyrrole nitrogens is 1. The standard InChI is InChI=1S/C25H27FN4O2/c26-19-7-5-17(6-8-19)20-16-28-24(32)25(20)9-12-30(13-10-25)14-11-27-23(31)22-15-18-3-1-2-4-21(18)29-22/h1-8,15,20,29H,9-14,16H2,(H,27,31)(H,28,32). The summed E-state index contributed by atoms with van der Waals surface area (Å²) in [5.74, 6) is -0.191. The minimum absolute atomic E-state index is 0.0689. The Morgan fingerprint density at radius 3 is 2.62 bits per heavy atom. The number of nitrogens with zero attached hydrogens (tertiary/aromatic N) is 1. The van der Waals surface area contributed by atoms with E-state index in [4.69, 9.17) is 0 Å². The van der Waals surface area contributed by atoms with Gasteiger partial charge in [-0.3, -0.25) is 9.59 Å². The summed E-state index contributed by atoms with van der Waals surface area (Å²) < 4.78 is 13.4. The Morgan fingerprint density at radius 1 is 1.12 bits per heavy atom. The molecule has 166 valence electrons. The molecule has 0 aliphatic carbocycles. The van der Waals surface area contributed by atoms with E-state index in [0.717, 1.165) is 48.9 Å². The number of para-hydroxylation sites is 1. The number of likely N-dealkylation sites (tertiary alicyclic amines) is 1. The Kier molecular flexibility index (Phi) is 5.43. The first kappa shape index (κ1) is 20.7. The van der Waals surface area contributed by atoms with Gasteiger partial charge in [-0.25, -0.2) is 4.39 Å². The van der Waals surface area contributed by atoms with Crippen LogP contribution in [0.1, 0.15) is 34.8 Å². The normalized spacial score (nSPS) is 20.5. The van der Waals surface area contributed by atoms with Gasteiger partial charge in [-0.2, -0.15) is 0 Å². The van der Waals surface area contributed by atoms with E-state index in [9.17, 15) is 14.0 Å². The van der Waals surface area contributed by atoms with Gasteiger partial charge in [-0.1, -0.05) is 30.3 Å². The lowest BCUT2D eigenvalue weighted by Crippen LogP contribution is -2.47. The molecule has 2 amide bonds. The Bertz CT molecular complexity index is 1100. The van der Waals surface area contributed by atoms with E-state index in [1.54, 1.807) is 12.1 Å². The van der Waals surface area contributed by atoms with Gasteiger partial charge in [0.1, 0.15) is 11.5 Å². The van der Waals surface area contributed by atoms with Gasteiger partial charge in [0.2, 0.25) is 5.91 Å². The number of nitrogens with one attached hydrogen (secondary N) is 3. The lowest BCUT2D eigenvalue weighted by atomic mass is 9.68. The second-order valence-corrected chi connectivity index (χ2v) is 8.84. The fourth-order valence-electron chi connectivity index (χ4n) is 5.23. The minimum Gasteiger partial charge on any atom is -0.355 e. The molecule has 0 bridgehead atoms. The van der Waals surface area contributed by atoms with Gasteiger partial charge in [0.05, 0.1) is 5.41 Å². The summed E-state index contributed by atoms with van der Waals surface area (Å²) in [6.45, 7) is 3.49. The van der Waals surface area contributed by atoms with Crippen molar-refractivity contribution in [3.63, 3.8) is 0 Å². The minimum atomic E-state index is -0.429. The highest BCUT2D eigenvalue weighted by Crippen LogP contribution is 2.47. The van der Waals surface area contributed by atoms with Crippen LogP contribution in [0.4, 0.5) is 4.39 Å². The maximum absolute atomic E-state index is 13.4. The summed E-state index contributed by atoms with van der Waals surface area (Å²) in [5, 5.41) is 7.04. The van der Waals surface area contributed by atoms with Gasteiger partial charge >= 0.3 is 0 Å². The molecular formula is C25H27FN4O2. The average molecular weight is 435 g/mol. The van der Waals surface area contributed by atoms with Crippen LogP contribution in [-0.2, 0) is 4.79 Å². The van der Waals surface area contributed by atoms with E-state index in [1.807, 2.05) is 30.3 Å². The van der Waals surface area contributed by atoms with E-state index < -0.39 is 5.41 Å². The van der Waals surface area contributed by atoms with Crippen LogP contribution >= 0.6 is 0 Å². The Labute approximate surface area is 186 Å². The number of benzene rings is 2. The summed E-state index contributed by atoms with van der Waals surface area (Å²) >= 11 is 0. The first-order chi connectivity index (χ1) is 15.5. The second-order valence-electron chi connectivity index (χ2n) is 8.84. The number of amides is 2. The highest BCUT2D eigenvalue weighted by atomic mass is 19.1. The van der Waals surface area contributed by atoms with E-state index in [1.165, 1.54) is 12.1 Å². The molecular weight excluding hydrogens is 407 g/mol. The lowest BCUT2D eigenvalue weighted by Gasteiger charge is -2.41. The number of hydrogen-bond donors (Lipinski definition) is 3. The first-order valence-electron chi connectivity index (χ1n) is 11.2. The maximum atomic E-state index is 13.4. The zero-order chi connectivity index (χ0) is 22.1. The number of rotatable bonds is 5. The molecule has 6 nitrogen and oxygen atoms in total. The number of carbonyl (C=O) groups is 2. The molecule has 2 aliphatic rings. The molecule has 0 radical (unpaired) electrons. The largest absolute Gasteiger partial charge is 0.355 e. The SMILES string of the molecule is O=C(NCCN1CCC2(CC1)C(=O)NCC2c1ccc(F)cc1)c1cc2ccccc2[nH]1. The fourth-order valence-corrected chi connectivity index (χ4v) is 5.23. The Balaban J connectivity index is 1.16. The van der Waals surface area contributed by atoms with Crippen molar-refractivity contribution in [1.29, 1.82) is 0 Å². The van der Waals surface area contributed by atoms with Crippen LogP contribution in [0, 0.1) is 11.2 Å². The van der Waals surface area contributed by atoms with Crippen LogP contribution in [0.25, 0.3) is 10.9 Å². The highest BCUT2D eigenvalue weighted by Gasteiger charge is 2.51. The molecule has 2 saturated heterocycles. The number of aromatic amines is 1. The quantitative estimate of drug-likeness (QED) is 0.578. The molecule has 3 N–H and O–H groups in total. The maximum Gasteiger partial charge on any atom is 0.267 e. The molecule has 2 fully saturated rings. The van der Waals surface area contributed by atoms with E-state index >= 15 is 0 Å². The van der Waals surface area contributed by atoms with E-state index in [-0.39, 0.29) is 23.5 Å². The number of aromatic nitrogens is 1. The predicted molar refractivity (Wildman–Crippen MR) is 121 cm³/mol. The van der Waals surface area contributed by atoms with Gasteiger partial charge in [0.25, 0.3) is 5.91 Å². The Hall–Kier alpha value is -3.19. The lowest BCUT2D eigenvalue weighted by molar-refractivity contribution is -0.130. The van der Waals surface area contributed by atoms with Crippen molar-refractivity contribution in [2.24, 2.45) is 5.41 Å². The molecule has 2 aliphatic heterocycles. The summed E-state index contributed by atoms with van der Waals surface area (Å²) in [7, 11) is 0. The summed E-state index contributed by atoms with van der Waals surface area (Å²) in [6.07, 6.45) is 1.52. The van der Waals surface area contributed by atoms with Crippen molar-refractivity contribution >= 4 is 22.7 Å². The molecule has 1 spiro atoms. The van der Waals surface area contributed by atoms with Crippen LogP contribution in [0.15, 0.2) is 54.6 Å². The number of hydrogen-bond acceptors (Lipinski definition) is 3. The van der Waals surface area contributed by atoms with Gasteiger partial charge in [0, 0.05) is 36.5 Å². The molecule has 0 saturated carbocycles. The molecule has 2 aromatic carbocycles. The third-order valence-corrected chi connectivity index (χ3v) is 7.09. The van der Waals surface area contributed by atoms with Crippen molar-refractivity contribution in [1.82, 2.24) is 20.5 Å². The van der Waals surface area contributed by atoms with Crippen molar-refractivity contribution in [2.45, 2.75) is 18.8 Å². The second kappa shape index (κ2) is 8.39. The van der Waals surface area contributed by atoms with Crippen LogP contribution in [0.3, 0.4) is 0 Å². The van der Waals surface area contributed by atoms with Crippen molar-refractivity contribution in [3.8, 4) is 0 Å². The van der Waals surface area contributed by atoms with Crippen LogP contribution in [0.5, 0.6) is 0 Å². The predicted octanol–water partition coefficient (Wildman–Crippen LogP) is 3.03. The van der Waals surface area contributed by atoms with Gasteiger partial charge in [0.15, 0.2) is 0 Å². The van der Waals surface area contributed by atoms with Crippen LogP contribution in [-0.4, -0.2) is 54.4 Å². The van der Waals surface area contributed by atoms with Crippen molar-refractivity contribution < 1.29 is 14.0 Å². The first-order valence-corrected chi connectivity index (χ1v) is 11.2. The van der Waals surface area contributed by atoms with Gasteiger partial charge < -0.3 is 20.5 Å². The monoisotopic (exact) mass is 434 g/mol. The van der Waals surface area contributed by atoms with Gasteiger partial charge in [-0.05, 0) is 55.8 Å². The smallest absolute Gasteiger partial charge is 0.267 e. The molecule has 32 heavy (non-hydrogen) atoms. The molecule has 5 rings (SSSR count). The molecule has 1 aromatic heterocycles. The summed E-state index contributed by atoms with van der Waals surface area (Å²) in [5.41, 5.74) is 2.10. The number of piperidine rings is 1. The molecule has 7 heteroatoms. The van der Waals surface area contributed by atoms with Crippen LogP contribution in [0.2, 0.25) is 0 Å². The number of halogens is 1. The van der Waals surface area contributed by atoms with Crippen molar-refractivity contribution in [2.75, 3.05) is 32.7 Å². The number of carbonyl (C=O) groups excluding carboxylic acids is 2. The average Bonchev–Trinajstić information content (AvgIpc) is 3.38. The zero-order valence-electron chi connectivity index (χ0n) is 17.9. The molecule has 1 atom stereocenters. The molecule has 1 unspecified atom stereocenters. The fraction of sp³-hybridized carbons (Fsp3) is 0.360. The summed E-state index contributed by atoms with van der Waals surface area (Å²) in [4.78, 5) is 30.7. The Morgan fingerprint density at radius 2 is 1.88 bits per heavy atom. The topological polar surface area (TPSA) is 77.2 Å². The third-order valence-electron chi connectivity index (χ3n) is 7.09. The van der Waals surface area contributed by atoms with Gasteiger partial charge in [-0.15, -0.1) is 0 Å². The van der Waals surface area contributed by atoms with Crippen LogP contribution < -0.4 is 10.6 Å². The van der Waals surface area contributed by atoms with Crippen molar-refractivity contribution in [3.05, 3.63) is 71.7 Å². The summed E-state index contributed by atoms with van der Waals surface area (Å²) in [6, 6.07) is 16.2. The number of fused-ring (bicyclic) bond motifs is 1. The van der Waals surface area contributed by atoms with E-state index in [0.29, 0.717) is 18.8 Å².